The summed E-state index contributed by atoms with van der Waals surface area (Å²) in [6, 6.07) is 6.33. The van der Waals surface area contributed by atoms with Gasteiger partial charge >= 0.3 is 0 Å². The van der Waals surface area contributed by atoms with E-state index in [9.17, 15) is 0 Å². The number of hydrogen-bond acceptors (Lipinski definition) is 2. The zero-order chi connectivity index (χ0) is 13.7. The van der Waals surface area contributed by atoms with Gasteiger partial charge in [-0.3, -0.25) is 0 Å². The third-order valence-corrected chi connectivity index (χ3v) is 4.44. The molecule has 0 aromatic heterocycles. The molecule has 1 aromatic carbocycles. The number of benzene rings is 1. The van der Waals surface area contributed by atoms with Crippen LogP contribution in [0.15, 0.2) is 18.2 Å². The van der Waals surface area contributed by atoms with Crippen LogP contribution < -0.4 is 4.90 Å². The van der Waals surface area contributed by atoms with Crippen molar-refractivity contribution in [1.29, 1.82) is 0 Å². The van der Waals surface area contributed by atoms with Crippen LogP contribution in [0.3, 0.4) is 0 Å². The first-order valence-electron chi connectivity index (χ1n) is 6.95. The Morgan fingerprint density at radius 1 is 1.47 bits per heavy atom. The Morgan fingerprint density at radius 2 is 2.32 bits per heavy atom. The highest BCUT2D eigenvalue weighted by Gasteiger charge is 2.20. The number of anilines is 1. The Balaban J connectivity index is 2.02. The van der Waals surface area contributed by atoms with E-state index in [2.05, 4.69) is 46.0 Å². The Bertz CT molecular complexity index is 413. The van der Waals surface area contributed by atoms with Crippen molar-refractivity contribution in [2.75, 3.05) is 24.6 Å². The molecule has 2 rings (SSSR count). The Kier molecular flexibility index (Phi) is 5.99. The molecule has 4 heteroatoms. The highest BCUT2D eigenvalue weighted by Crippen LogP contribution is 2.27. The molecule has 0 spiro atoms. The lowest BCUT2D eigenvalue weighted by Gasteiger charge is -2.34. The fourth-order valence-electron chi connectivity index (χ4n) is 2.43. The van der Waals surface area contributed by atoms with Crippen LogP contribution in [-0.4, -0.2) is 25.8 Å². The van der Waals surface area contributed by atoms with Crippen molar-refractivity contribution in [2.24, 2.45) is 0 Å². The van der Waals surface area contributed by atoms with Gasteiger partial charge in [0.1, 0.15) is 0 Å². The van der Waals surface area contributed by atoms with Crippen molar-refractivity contribution in [2.45, 2.75) is 37.6 Å². The summed E-state index contributed by atoms with van der Waals surface area (Å²) >= 11 is 9.73. The lowest BCUT2D eigenvalue weighted by Crippen LogP contribution is -2.39. The number of nitrogens with zero attached hydrogens (tertiary/aromatic N) is 1. The second-order valence-corrected chi connectivity index (χ2v) is 5.96. The summed E-state index contributed by atoms with van der Waals surface area (Å²) in [5.41, 5.74) is 2.35. The monoisotopic (exact) mass is 345 g/mol. The van der Waals surface area contributed by atoms with Crippen LogP contribution in [0.25, 0.3) is 0 Å². The molecule has 106 valence electrons. The normalized spacial score (nSPS) is 19.7. The minimum atomic E-state index is 0.364. The van der Waals surface area contributed by atoms with Crippen LogP contribution in [0.5, 0.6) is 0 Å². The molecule has 1 heterocycles. The minimum Gasteiger partial charge on any atom is -0.376 e. The summed E-state index contributed by atoms with van der Waals surface area (Å²) in [7, 11) is 0. The van der Waals surface area contributed by atoms with Gasteiger partial charge in [0.25, 0.3) is 0 Å². The van der Waals surface area contributed by atoms with E-state index in [1.54, 1.807) is 0 Å². The first-order valence-corrected chi connectivity index (χ1v) is 8.45. The van der Waals surface area contributed by atoms with E-state index in [1.165, 1.54) is 18.5 Å². The first kappa shape index (κ1) is 15.1. The lowest BCUT2D eigenvalue weighted by molar-refractivity contribution is 0.0440. The molecule has 0 radical (unpaired) electrons. The highest BCUT2D eigenvalue weighted by atomic mass is 79.9. The van der Waals surface area contributed by atoms with E-state index in [4.69, 9.17) is 16.3 Å². The minimum absolute atomic E-state index is 0.364. The number of halogens is 2. The van der Waals surface area contributed by atoms with Crippen LogP contribution in [0, 0.1) is 0 Å². The molecule has 1 unspecified atom stereocenters. The van der Waals surface area contributed by atoms with E-state index in [0.29, 0.717) is 6.10 Å². The Morgan fingerprint density at radius 3 is 3.00 bits per heavy atom. The third kappa shape index (κ3) is 4.11. The average molecular weight is 347 g/mol. The molecule has 0 amide bonds. The van der Waals surface area contributed by atoms with Crippen LogP contribution in [0.4, 0.5) is 5.69 Å². The molecule has 0 aliphatic carbocycles. The van der Waals surface area contributed by atoms with Gasteiger partial charge in [-0.05, 0) is 37.0 Å². The second kappa shape index (κ2) is 7.51. The zero-order valence-electron chi connectivity index (χ0n) is 11.4. The van der Waals surface area contributed by atoms with Crippen LogP contribution >= 0.6 is 27.5 Å². The Labute approximate surface area is 129 Å². The molecule has 0 saturated carbocycles. The predicted molar refractivity (Wildman–Crippen MR) is 85.6 cm³/mol. The molecular weight excluding hydrogens is 326 g/mol. The molecule has 0 bridgehead atoms. The quantitative estimate of drug-likeness (QED) is 0.721. The summed E-state index contributed by atoms with van der Waals surface area (Å²) in [4.78, 5) is 2.38. The largest absolute Gasteiger partial charge is 0.376 e. The van der Waals surface area contributed by atoms with E-state index in [-0.39, 0.29) is 0 Å². The maximum Gasteiger partial charge on any atom is 0.0750 e. The molecule has 1 aromatic rings. The lowest BCUT2D eigenvalue weighted by atomic mass is 10.1. The van der Waals surface area contributed by atoms with E-state index >= 15 is 0 Å². The number of rotatable bonds is 5. The first-order chi connectivity index (χ1) is 9.24. The van der Waals surface area contributed by atoms with Gasteiger partial charge in [-0.1, -0.05) is 40.5 Å². The molecule has 1 fully saturated rings. The maximum atomic E-state index is 6.28. The van der Waals surface area contributed by atoms with E-state index < -0.39 is 0 Å². The van der Waals surface area contributed by atoms with E-state index in [1.807, 2.05) is 0 Å². The van der Waals surface area contributed by atoms with Gasteiger partial charge in [-0.25, -0.2) is 0 Å². The molecule has 1 saturated heterocycles. The standard InChI is InChI=1S/C15H21BrClNO/c1-2-8-19-14-4-3-7-18(11-14)13-6-5-12(10-16)15(17)9-13/h5-6,9,14H,2-4,7-8,10-11H2,1H3. The van der Waals surface area contributed by atoms with Crippen molar-refractivity contribution in [3.8, 4) is 0 Å². The van der Waals surface area contributed by atoms with Gasteiger partial charge in [0.15, 0.2) is 0 Å². The summed E-state index contributed by atoms with van der Waals surface area (Å²) in [6.45, 7) is 5.08. The Hall–Kier alpha value is -0.250. The number of ether oxygens (including phenoxy) is 1. The number of piperidine rings is 1. The van der Waals surface area contributed by atoms with Gasteiger partial charge in [0.2, 0.25) is 0 Å². The second-order valence-electron chi connectivity index (χ2n) is 4.99. The van der Waals surface area contributed by atoms with Crippen molar-refractivity contribution in [1.82, 2.24) is 0 Å². The van der Waals surface area contributed by atoms with Crippen molar-refractivity contribution >= 4 is 33.2 Å². The summed E-state index contributed by atoms with van der Waals surface area (Å²) in [6.07, 6.45) is 3.81. The summed E-state index contributed by atoms with van der Waals surface area (Å²) in [5, 5.41) is 1.64. The van der Waals surface area contributed by atoms with Gasteiger partial charge in [-0.15, -0.1) is 0 Å². The van der Waals surface area contributed by atoms with Gasteiger partial charge in [0.05, 0.1) is 6.10 Å². The molecular formula is C15H21BrClNO. The van der Waals surface area contributed by atoms with Crippen LogP contribution in [0.1, 0.15) is 31.7 Å². The van der Waals surface area contributed by atoms with Crippen LogP contribution in [-0.2, 0) is 10.1 Å². The summed E-state index contributed by atoms with van der Waals surface area (Å²) in [5.74, 6) is 0. The van der Waals surface area contributed by atoms with Crippen molar-refractivity contribution in [3.63, 3.8) is 0 Å². The molecule has 1 aliphatic rings. The van der Waals surface area contributed by atoms with E-state index in [0.717, 1.165) is 42.0 Å². The molecule has 2 nitrogen and oxygen atoms in total. The smallest absolute Gasteiger partial charge is 0.0750 e. The third-order valence-electron chi connectivity index (χ3n) is 3.48. The van der Waals surface area contributed by atoms with Crippen LogP contribution in [0.2, 0.25) is 5.02 Å². The topological polar surface area (TPSA) is 12.5 Å². The average Bonchev–Trinajstić information content (AvgIpc) is 2.45. The van der Waals surface area contributed by atoms with Gasteiger partial charge < -0.3 is 9.64 Å². The molecule has 1 atom stereocenters. The van der Waals surface area contributed by atoms with Gasteiger partial charge in [-0.2, -0.15) is 0 Å². The number of alkyl halides is 1. The fourth-order valence-corrected chi connectivity index (χ4v) is 3.33. The van der Waals surface area contributed by atoms with Gasteiger partial charge in [0, 0.05) is 35.7 Å². The fraction of sp³-hybridized carbons (Fsp3) is 0.600. The predicted octanol–water partition coefficient (Wildman–Crippen LogP) is 4.63. The van der Waals surface area contributed by atoms with Crippen molar-refractivity contribution < 1.29 is 4.74 Å². The maximum absolute atomic E-state index is 6.28. The number of hydrogen-bond donors (Lipinski definition) is 0. The highest BCUT2D eigenvalue weighted by molar-refractivity contribution is 9.08. The summed E-state index contributed by atoms with van der Waals surface area (Å²) < 4.78 is 5.88. The molecule has 1 aliphatic heterocycles. The molecule has 19 heavy (non-hydrogen) atoms. The SMILES string of the molecule is CCCOC1CCCN(c2ccc(CBr)c(Cl)c2)C1. The molecule has 0 N–H and O–H groups in total. The zero-order valence-corrected chi connectivity index (χ0v) is 13.7. The van der Waals surface area contributed by atoms with Crippen molar-refractivity contribution in [3.05, 3.63) is 28.8 Å².